The molecule has 1 aromatic carbocycles. The Labute approximate surface area is 134 Å². The lowest BCUT2D eigenvalue weighted by Gasteiger charge is -2.19. The molecule has 0 radical (unpaired) electrons. The van der Waals surface area contributed by atoms with E-state index >= 15 is 0 Å². The number of aromatic nitrogens is 2. The van der Waals surface area contributed by atoms with Gasteiger partial charge in [0.25, 0.3) is 0 Å². The van der Waals surface area contributed by atoms with Crippen LogP contribution in [0, 0.1) is 23.7 Å². The molecule has 1 N–H and O–H groups in total. The van der Waals surface area contributed by atoms with Gasteiger partial charge < -0.3 is 9.84 Å². The highest BCUT2D eigenvalue weighted by Gasteiger charge is 2.15. The lowest BCUT2D eigenvalue weighted by molar-refractivity contribution is 0.0696. The van der Waals surface area contributed by atoms with E-state index in [9.17, 15) is 10.1 Å². The molecule has 0 spiro atoms. The Kier molecular flexibility index (Phi) is 4.41. The molecule has 6 heteroatoms. The molecule has 0 amide bonds. The van der Waals surface area contributed by atoms with Crippen LogP contribution in [0.2, 0.25) is 0 Å². The Balaban J connectivity index is 2.34. The first kappa shape index (κ1) is 16.6. The molecule has 0 unspecified atom stereocenters. The van der Waals surface area contributed by atoms with Gasteiger partial charge in [0.2, 0.25) is 0 Å². The van der Waals surface area contributed by atoms with Crippen molar-refractivity contribution in [2.45, 2.75) is 27.7 Å². The van der Waals surface area contributed by atoms with Gasteiger partial charge in [-0.25, -0.2) is 9.48 Å². The second-order valence-corrected chi connectivity index (χ2v) is 6.52. The van der Waals surface area contributed by atoms with Crippen molar-refractivity contribution in [3.8, 4) is 17.5 Å². The second-order valence-electron chi connectivity index (χ2n) is 6.52. The summed E-state index contributed by atoms with van der Waals surface area (Å²) in [6.45, 7) is 8.27. The molecule has 23 heavy (non-hydrogen) atoms. The highest BCUT2D eigenvalue weighted by molar-refractivity contribution is 5.88. The van der Waals surface area contributed by atoms with Gasteiger partial charge in [-0.1, -0.05) is 20.8 Å². The van der Waals surface area contributed by atoms with Crippen molar-refractivity contribution in [3.63, 3.8) is 0 Å². The van der Waals surface area contributed by atoms with Crippen LogP contribution in [0.3, 0.4) is 0 Å². The van der Waals surface area contributed by atoms with Crippen molar-refractivity contribution < 1.29 is 14.6 Å². The number of carboxylic acid groups (broad SMARTS) is 1. The molecule has 2 aromatic rings. The van der Waals surface area contributed by atoms with Crippen LogP contribution >= 0.6 is 0 Å². The second kappa shape index (κ2) is 6.13. The van der Waals surface area contributed by atoms with Crippen LogP contribution in [0.25, 0.3) is 5.69 Å². The maximum Gasteiger partial charge on any atom is 0.339 e. The van der Waals surface area contributed by atoms with E-state index in [-0.39, 0.29) is 11.0 Å². The first-order chi connectivity index (χ1) is 10.7. The maximum absolute atomic E-state index is 11.1. The van der Waals surface area contributed by atoms with Crippen LogP contribution in [0.4, 0.5) is 0 Å². The zero-order valence-corrected chi connectivity index (χ0v) is 13.6. The van der Waals surface area contributed by atoms with Crippen molar-refractivity contribution in [1.29, 1.82) is 5.26 Å². The van der Waals surface area contributed by atoms with E-state index in [1.807, 2.05) is 20.8 Å². The van der Waals surface area contributed by atoms with Gasteiger partial charge in [0.05, 0.1) is 23.6 Å². The first-order valence-corrected chi connectivity index (χ1v) is 7.18. The van der Waals surface area contributed by atoms with E-state index in [1.54, 1.807) is 25.1 Å². The predicted octanol–water partition coefficient (Wildman–Crippen LogP) is 3.18. The fourth-order valence-electron chi connectivity index (χ4n) is 1.97. The van der Waals surface area contributed by atoms with Crippen LogP contribution in [0.15, 0.2) is 24.4 Å². The number of carboxylic acids is 1. The van der Waals surface area contributed by atoms with Gasteiger partial charge in [0.1, 0.15) is 17.4 Å². The van der Waals surface area contributed by atoms with Crippen molar-refractivity contribution in [1.82, 2.24) is 9.78 Å². The third kappa shape index (κ3) is 3.89. The maximum atomic E-state index is 11.1. The molecule has 0 saturated heterocycles. The van der Waals surface area contributed by atoms with Gasteiger partial charge >= 0.3 is 5.97 Å². The molecule has 0 fully saturated rings. The third-order valence-electron chi connectivity index (χ3n) is 3.14. The van der Waals surface area contributed by atoms with E-state index in [0.29, 0.717) is 29.3 Å². The number of nitriles is 1. The van der Waals surface area contributed by atoms with E-state index < -0.39 is 5.97 Å². The summed E-state index contributed by atoms with van der Waals surface area (Å²) < 4.78 is 7.16. The number of ether oxygens (including phenoxy) is 1. The molecular weight excluding hydrogens is 294 g/mol. The standard InChI is InChI=1S/C17H19N3O3/c1-11-14(16(21)22)9-20(19-11)13-5-6-15(12(7-13)8-18)23-10-17(2,3)4/h5-7,9H,10H2,1-4H3,(H,21,22). The largest absolute Gasteiger partial charge is 0.492 e. The molecule has 0 bridgehead atoms. The van der Waals surface area contributed by atoms with Crippen molar-refractivity contribution in [2.24, 2.45) is 5.41 Å². The lowest BCUT2D eigenvalue weighted by atomic mass is 9.98. The fourth-order valence-corrected chi connectivity index (χ4v) is 1.97. The smallest absolute Gasteiger partial charge is 0.339 e. The number of hydrogen-bond acceptors (Lipinski definition) is 4. The van der Waals surface area contributed by atoms with Gasteiger partial charge in [-0.2, -0.15) is 10.4 Å². The van der Waals surface area contributed by atoms with Crippen LogP contribution < -0.4 is 4.74 Å². The predicted molar refractivity (Wildman–Crippen MR) is 84.9 cm³/mol. The molecule has 120 valence electrons. The molecule has 0 saturated carbocycles. The quantitative estimate of drug-likeness (QED) is 0.936. The molecule has 1 heterocycles. The summed E-state index contributed by atoms with van der Waals surface area (Å²) in [5.74, 6) is -0.520. The van der Waals surface area contributed by atoms with Gasteiger partial charge in [0.15, 0.2) is 0 Å². The van der Waals surface area contributed by atoms with Gasteiger partial charge in [0, 0.05) is 6.20 Å². The van der Waals surface area contributed by atoms with Crippen LogP contribution in [0.5, 0.6) is 5.75 Å². The summed E-state index contributed by atoms with van der Waals surface area (Å²) in [4.78, 5) is 11.1. The molecular formula is C17H19N3O3. The van der Waals surface area contributed by atoms with Crippen molar-refractivity contribution in [3.05, 3.63) is 41.2 Å². The average Bonchev–Trinajstić information content (AvgIpc) is 2.86. The Hall–Kier alpha value is -2.81. The number of carbonyl (C=O) groups is 1. The van der Waals surface area contributed by atoms with Crippen molar-refractivity contribution in [2.75, 3.05) is 6.61 Å². The number of rotatable bonds is 4. The number of aryl methyl sites for hydroxylation is 1. The van der Waals surface area contributed by atoms with Crippen molar-refractivity contribution >= 4 is 5.97 Å². The summed E-state index contributed by atoms with van der Waals surface area (Å²) in [7, 11) is 0. The van der Waals surface area contributed by atoms with E-state index in [4.69, 9.17) is 9.84 Å². The highest BCUT2D eigenvalue weighted by Crippen LogP contribution is 2.24. The zero-order chi connectivity index (χ0) is 17.2. The van der Waals surface area contributed by atoms with Gasteiger partial charge in [-0.05, 0) is 30.5 Å². The minimum absolute atomic E-state index is 0.0130. The van der Waals surface area contributed by atoms with Crippen LogP contribution in [-0.2, 0) is 0 Å². The summed E-state index contributed by atoms with van der Waals surface area (Å²) in [6, 6.07) is 7.19. The number of hydrogen-bond donors (Lipinski definition) is 1. The minimum atomic E-state index is -1.03. The summed E-state index contributed by atoms with van der Waals surface area (Å²) in [5, 5.41) is 22.6. The Morgan fingerprint density at radius 3 is 2.65 bits per heavy atom. The Morgan fingerprint density at radius 1 is 1.43 bits per heavy atom. The normalized spacial score (nSPS) is 11.1. The molecule has 0 aliphatic rings. The zero-order valence-electron chi connectivity index (χ0n) is 13.6. The summed E-state index contributed by atoms with van der Waals surface area (Å²) in [6.07, 6.45) is 1.43. The Morgan fingerprint density at radius 2 is 2.13 bits per heavy atom. The van der Waals surface area contributed by atoms with Gasteiger partial charge in [-0.15, -0.1) is 0 Å². The molecule has 2 rings (SSSR count). The van der Waals surface area contributed by atoms with Gasteiger partial charge in [-0.3, -0.25) is 0 Å². The monoisotopic (exact) mass is 313 g/mol. The molecule has 1 aromatic heterocycles. The van der Waals surface area contributed by atoms with E-state index in [2.05, 4.69) is 11.2 Å². The summed E-state index contributed by atoms with van der Waals surface area (Å²) >= 11 is 0. The van der Waals surface area contributed by atoms with Crippen LogP contribution in [0.1, 0.15) is 42.4 Å². The average molecular weight is 313 g/mol. The number of nitrogens with zero attached hydrogens (tertiary/aromatic N) is 3. The highest BCUT2D eigenvalue weighted by atomic mass is 16.5. The number of aromatic carboxylic acids is 1. The molecule has 6 nitrogen and oxygen atoms in total. The topological polar surface area (TPSA) is 88.1 Å². The summed E-state index contributed by atoms with van der Waals surface area (Å²) in [5.41, 5.74) is 1.54. The van der Waals surface area contributed by atoms with E-state index in [0.717, 1.165) is 0 Å². The SMILES string of the molecule is Cc1nn(-c2ccc(OCC(C)(C)C)c(C#N)c2)cc1C(=O)O. The fraction of sp³-hybridized carbons (Fsp3) is 0.353. The Bertz CT molecular complexity index is 779. The first-order valence-electron chi connectivity index (χ1n) is 7.18. The van der Waals surface area contributed by atoms with E-state index in [1.165, 1.54) is 10.9 Å². The number of benzene rings is 1. The molecule has 0 aliphatic heterocycles. The van der Waals surface area contributed by atoms with Crippen LogP contribution in [-0.4, -0.2) is 27.5 Å². The lowest BCUT2D eigenvalue weighted by Crippen LogP contribution is -2.17. The molecule has 0 atom stereocenters. The minimum Gasteiger partial charge on any atom is -0.492 e. The molecule has 0 aliphatic carbocycles. The third-order valence-corrected chi connectivity index (χ3v) is 3.14.